The maximum absolute atomic E-state index is 8.73. The Morgan fingerprint density at radius 2 is 2.07 bits per heavy atom. The van der Waals surface area contributed by atoms with Crippen LogP contribution in [0.4, 0.5) is 0 Å². The number of nitrogens with zero attached hydrogens (tertiary/aromatic N) is 1. The van der Waals surface area contributed by atoms with Crippen LogP contribution in [0.5, 0.6) is 0 Å². The van der Waals surface area contributed by atoms with Crippen molar-refractivity contribution in [3.63, 3.8) is 0 Å². The molecular weight excluding hydrogens is 178 g/mol. The maximum atomic E-state index is 8.73. The van der Waals surface area contributed by atoms with E-state index in [9.17, 15) is 0 Å². The van der Waals surface area contributed by atoms with Crippen LogP contribution < -0.4 is 0 Å². The molecule has 0 aromatic heterocycles. The van der Waals surface area contributed by atoms with Crippen molar-refractivity contribution >= 4 is 5.71 Å². The third-order valence-electron chi connectivity index (χ3n) is 2.16. The summed E-state index contributed by atoms with van der Waals surface area (Å²) >= 11 is 0. The van der Waals surface area contributed by atoms with E-state index in [4.69, 9.17) is 10.3 Å². The molecule has 3 heteroatoms. The number of hydrogen-bond acceptors (Lipinski definition) is 3. The fraction of sp³-hybridized carbons (Fsp3) is 0.364. The molecule has 0 bridgehead atoms. The lowest BCUT2D eigenvalue weighted by Gasteiger charge is -2.06. The summed E-state index contributed by atoms with van der Waals surface area (Å²) in [6.45, 7) is 1.95. The highest BCUT2D eigenvalue weighted by molar-refractivity contribution is 5.99. The van der Waals surface area contributed by atoms with Crippen LogP contribution in [-0.2, 0) is 6.42 Å². The van der Waals surface area contributed by atoms with Gasteiger partial charge in [0.05, 0.1) is 5.71 Å². The van der Waals surface area contributed by atoms with Crippen LogP contribution in [0.15, 0.2) is 29.4 Å². The molecule has 76 valence electrons. The van der Waals surface area contributed by atoms with Gasteiger partial charge in [-0.15, -0.1) is 0 Å². The second-order valence-corrected chi connectivity index (χ2v) is 3.17. The lowest BCUT2D eigenvalue weighted by atomic mass is 10.0. The molecule has 0 fully saturated rings. The van der Waals surface area contributed by atoms with Crippen molar-refractivity contribution in [2.75, 3.05) is 6.61 Å². The first-order valence-electron chi connectivity index (χ1n) is 4.67. The predicted octanol–water partition coefficient (Wildman–Crippen LogP) is 1.81. The molecule has 0 amide bonds. The number of aryl methyl sites for hydroxylation is 1. The lowest BCUT2D eigenvalue weighted by Crippen LogP contribution is -2.01. The first-order valence-corrected chi connectivity index (χ1v) is 4.67. The Balaban J connectivity index is 2.91. The highest BCUT2D eigenvalue weighted by atomic mass is 16.4. The average Bonchev–Trinajstić information content (AvgIpc) is 2.25. The topological polar surface area (TPSA) is 52.8 Å². The summed E-state index contributed by atoms with van der Waals surface area (Å²) in [6.07, 6.45) is 1.54. The Labute approximate surface area is 83.7 Å². The van der Waals surface area contributed by atoms with Gasteiger partial charge in [0.15, 0.2) is 0 Å². The summed E-state index contributed by atoms with van der Waals surface area (Å²) in [7, 11) is 0. The van der Waals surface area contributed by atoms with E-state index in [1.54, 1.807) is 6.92 Å². The molecular formula is C11H15NO2. The molecule has 0 spiro atoms. The van der Waals surface area contributed by atoms with E-state index in [1.807, 2.05) is 24.3 Å². The van der Waals surface area contributed by atoms with Gasteiger partial charge in [0.1, 0.15) is 0 Å². The van der Waals surface area contributed by atoms with Crippen LogP contribution in [0.25, 0.3) is 0 Å². The third-order valence-corrected chi connectivity index (χ3v) is 2.16. The summed E-state index contributed by atoms with van der Waals surface area (Å²) in [6, 6.07) is 7.76. The summed E-state index contributed by atoms with van der Waals surface area (Å²) in [5, 5.41) is 20.6. The normalized spacial score (nSPS) is 11.7. The van der Waals surface area contributed by atoms with Crippen LogP contribution in [-0.4, -0.2) is 22.6 Å². The third kappa shape index (κ3) is 2.57. The molecule has 14 heavy (non-hydrogen) atoms. The van der Waals surface area contributed by atoms with E-state index in [1.165, 1.54) is 0 Å². The summed E-state index contributed by atoms with van der Waals surface area (Å²) < 4.78 is 0. The van der Waals surface area contributed by atoms with Crippen LogP contribution in [0, 0.1) is 0 Å². The number of oxime groups is 1. The second kappa shape index (κ2) is 5.40. The maximum Gasteiger partial charge on any atom is 0.0839 e. The Bertz CT molecular complexity index is 321. The minimum absolute atomic E-state index is 0.184. The standard InChI is InChI=1S/C11H15NO2/c1-9(12-14)11-7-3-2-5-10(11)6-4-8-13/h2-3,5,7,13-14H,4,6,8H2,1H3. The number of hydrogen-bond donors (Lipinski definition) is 2. The number of rotatable bonds is 4. The van der Waals surface area contributed by atoms with Gasteiger partial charge in [-0.1, -0.05) is 29.4 Å². The molecule has 0 aliphatic carbocycles. The molecule has 0 radical (unpaired) electrons. The Morgan fingerprint density at radius 3 is 2.71 bits per heavy atom. The number of aliphatic hydroxyl groups is 1. The van der Waals surface area contributed by atoms with Crippen LogP contribution in [0.2, 0.25) is 0 Å². The predicted molar refractivity (Wildman–Crippen MR) is 55.8 cm³/mol. The van der Waals surface area contributed by atoms with Gasteiger partial charge >= 0.3 is 0 Å². The monoisotopic (exact) mass is 193 g/mol. The fourth-order valence-electron chi connectivity index (χ4n) is 1.41. The zero-order chi connectivity index (χ0) is 10.4. The Hall–Kier alpha value is -1.35. The van der Waals surface area contributed by atoms with Gasteiger partial charge in [-0.25, -0.2) is 0 Å². The Kier molecular flexibility index (Phi) is 4.13. The average molecular weight is 193 g/mol. The van der Waals surface area contributed by atoms with Gasteiger partial charge in [0.2, 0.25) is 0 Å². The summed E-state index contributed by atoms with van der Waals surface area (Å²) in [5.74, 6) is 0. The smallest absolute Gasteiger partial charge is 0.0839 e. The van der Waals surface area contributed by atoms with Crippen molar-refractivity contribution in [1.82, 2.24) is 0 Å². The molecule has 0 atom stereocenters. The highest BCUT2D eigenvalue weighted by Crippen LogP contribution is 2.12. The van der Waals surface area contributed by atoms with Gasteiger partial charge in [0, 0.05) is 12.2 Å². The summed E-state index contributed by atoms with van der Waals surface area (Å²) in [4.78, 5) is 0. The van der Waals surface area contributed by atoms with Gasteiger partial charge < -0.3 is 10.3 Å². The molecule has 0 saturated carbocycles. The van der Waals surface area contributed by atoms with Gasteiger partial charge in [-0.3, -0.25) is 0 Å². The molecule has 1 aromatic rings. The van der Waals surface area contributed by atoms with E-state index in [-0.39, 0.29) is 6.61 Å². The summed E-state index contributed by atoms with van der Waals surface area (Å²) in [5.41, 5.74) is 2.67. The van der Waals surface area contributed by atoms with Crippen molar-refractivity contribution in [1.29, 1.82) is 0 Å². The second-order valence-electron chi connectivity index (χ2n) is 3.17. The van der Waals surface area contributed by atoms with E-state index in [0.29, 0.717) is 5.71 Å². The highest BCUT2D eigenvalue weighted by Gasteiger charge is 2.04. The fourth-order valence-corrected chi connectivity index (χ4v) is 1.41. The molecule has 0 heterocycles. The minimum Gasteiger partial charge on any atom is -0.411 e. The quantitative estimate of drug-likeness (QED) is 0.435. The van der Waals surface area contributed by atoms with Crippen LogP contribution in [0.3, 0.4) is 0 Å². The van der Waals surface area contributed by atoms with Crippen LogP contribution >= 0.6 is 0 Å². The first kappa shape index (κ1) is 10.7. The van der Waals surface area contributed by atoms with Crippen molar-refractivity contribution in [3.8, 4) is 0 Å². The van der Waals surface area contributed by atoms with Crippen molar-refractivity contribution in [2.24, 2.45) is 5.16 Å². The lowest BCUT2D eigenvalue weighted by molar-refractivity contribution is 0.288. The van der Waals surface area contributed by atoms with Crippen molar-refractivity contribution in [3.05, 3.63) is 35.4 Å². The zero-order valence-corrected chi connectivity index (χ0v) is 8.27. The van der Waals surface area contributed by atoms with Gasteiger partial charge in [-0.05, 0) is 25.3 Å². The van der Waals surface area contributed by atoms with Crippen molar-refractivity contribution < 1.29 is 10.3 Å². The Morgan fingerprint density at radius 1 is 1.36 bits per heavy atom. The SMILES string of the molecule is CC(=NO)c1ccccc1CCCO. The molecule has 0 saturated heterocycles. The van der Waals surface area contributed by atoms with Crippen molar-refractivity contribution in [2.45, 2.75) is 19.8 Å². The van der Waals surface area contributed by atoms with E-state index >= 15 is 0 Å². The van der Waals surface area contributed by atoms with E-state index < -0.39 is 0 Å². The largest absolute Gasteiger partial charge is 0.411 e. The molecule has 0 unspecified atom stereocenters. The van der Waals surface area contributed by atoms with Gasteiger partial charge in [-0.2, -0.15) is 0 Å². The molecule has 1 rings (SSSR count). The number of aliphatic hydroxyl groups excluding tert-OH is 1. The minimum atomic E-state index is 0.184. The molecule has 2 N–H and O–H groups in total. The van der Waals surface area contributed by atoms with Crippen LogP contribution in [0.1, 0.15) is 24.5 Å². The number of benzene rings is 1. The molecule has 3 nitrogen and oxygen atoms in total. The zero-order valence-electron chi connectivity index (χ0n) is 8.27. The van der Waals surface area contributed by atoms with E-state index in [2.05, 4.69) is 5.16 Å². The first-order chi connectivity index (χ1) is 6.79. The molecule has 1 aromatic carbocycles. The van der Waals surface area contributed by atoms with E-state index in [0.717, 1.165) is 24.0 Å². The molecule has 0 aliphatic rings. The molecule has 0 aliphatic heterocycles. The van der Waals surface area contributed by atoms with Gasteiger partial charge in [0.25, 0.3) is 0 Å².